The third-order valence-electron chi connectivity index (χ3n) is 5.29. The minimum Gasteiger partial charge on any atom is -0.493 e. The summed E-state index contributed by atoms with van der Waals surface area (Å²) in [5.74, 6) is 0.950. The smallest absolute Gasteiger partial charge is 0.266 e. The van der Waals surface area contributed by atoms with E-state index in [-0.39, 0.29) is 24.4 Å². The van der Waals surface area contributed by atoms with E-state index in [0.717, 1.165) is 37.8 Å². The zero-order chi connectivity index (χ0) is 21.0. The number of nitrogens with zero attached hydrogens (tertiary/aromatic N) is 2. The summed E-state index contributed by atoms with van der Waals surface area (Å²) in [6.45, 7) is 2.86. The number of hydrogen-bond acceptors (Lipinski definition) is 6. The maximum absolute atomic E-state index is 12.9. The summed E-state index contributed by atoms with van der Waals surface area (Å²) in [6, 6.07) is 5.70. The molecule has 0 bridgehead atoms. The summed E-state index contributed by atoms with van der Waals surface area (Å²) in [4.78, 5) is 29.6. The fraction of sp³-hybridized carbons (Fsp3) is 0.476. The molecule has 2 saturated heterocycles. The standard InChI is InChI=1S/C21H26N2O4S2/c1-4-15-7-5-6-10-22(15)19(24)13-23-20(25)18(29-21(23)28)12-14-8-9-16(26-2)17(11-14)27-3/h8-9,11-12,15H,4-7,10,13H2,1-3H3/b18-12-/t15-/m0/s1. The van der Waals surface area contributed by atoms with Gasteiger partial charge in [-0.1, -0.05) is 37.0 Å². The predicted molar refractivity (Wildman–Crippen MR) is 119 cm³/mol. The van der Waals surface area contributed by atoms with Crippen LogP contribution >= 0.6 is 24.0 Å². The van der Waals surface area contributed by atoms with Gasteiger partial charge in [-0.25, -0.2) is 0 Å². The third kappa shape index (κ3) is 4.75. The summed E-state index contributed by atoms with van der Waals surface area (Å²) in [5, 5.41) is 0. The number of methoxy groups -OCH3 is 2. The molecule has 0 aliphatic carbocycles. The zero-order valence-corrected chi connectivity index (χ0v) is 18.6. The highest BCUT2D eigenvalue weighted by atomic mass is 32.2. The van der Waals surface area contributed by atoms with Crippen LogP contribution < -0.4 is 9.47 Å². The van der Waals surface area contributed by atoms with Crippen molar-refractivity contribution >= 4 is 46.2 Å². The van der Waals surface area contributed by atoms with Gasteiger partial charge in [-0.15, -0.1) is 0 Å². The molecule has 0 saturated carbocycles. The molecule has 1 atom stereocenters. The Kier molecular flexibility index (Phi) is 7.18. The molecule has 29 heavy (non-hydrogen) atoms. The molecule has 0 aromatic heterocycles. The number of piperidine rings is 1. The summed E-state index contributed by atoms with van der Waals surface area (Å²) in [6.07, 6.45) is 5.89. The van der Waals surface area contributed by atoms with Crippen LogP contribution in [0.1, 0.15) is 38.2 Å². The molecule has 0 N–H and O–H groups in total. The van der Waals surface area contributed by atoms with Gasteiger partial charge in [-0.05, 0) is 49.5 Å². The Morgan fingerprint density at radius 1 is 1.28 bits per heavy atom. The second-order valence-electron chi connectivity index (χ2n) is 7.03. The van der Waals surface area contributed by atoms with Crippen LogP contribution in [-0.2, 0) is 9.59 Å². The number of rotatable bonds is 6. The molecule has 2 fully saturated rings. The first-order valence-electron chi connectivity index (χ1n) is 9.75. The molecule has 3 rings (SSSR count). The summed E-state index contributed by atoms with van der Waals surface area (Å²) >= 11 is 6.61. The highest BCUT2D eigenvalue weighted by Crippen LogP contribution is 2.35. The zero-order valence-electron chi connectivity index (χ0n) is 17.0. The number of benzene rings is 1. The molecule has 156 valence electrons. The number of amides is 2. The van der Waals surface area contributed by atoms with E-state index in [4.69, 9.17) is 21.7 Å². The molecular weight excluding hydrogens is 408 g/mol. The second-order valence-corrected chi connectivity index (χ2v) is 8.70. The number of ether oxygens (including phenoxy) is 2. The van der Waals surface area contributed by atoms with Gasteiger partial charge in [0, 0.05) is 12.6 Å². The van der Waals surface area contributed by atoms with E-state index in [0.29, 0.717) is 20.7 Å². The average molecular weight is 435 g/mol. The van der Waals surface area contributed by atoms with Crippen LogP contribution in [0, 0.1) is 0 Å². The second kappa shape index (κ2) is 9.63. The molecule has 0 spiro atoms. The molecule has 2 heterocycles. The Hall–Kier alpha value is -2.06. The molecule has 2 aliphatic rings. The number of thioether (sulfide) groups is 1. The summed E-state index contributed by atoms with van der Waals surface area (Å²) < 4.78 is 11.0. The van der Waals surface area contributed by atoms with E-state index in [1.807, 2.05) is 11.0 Å². The van der Waals surface area contributed by atoms with Gasteiger partial charge in [0.05, 0.1) is 19.1 Å². The monoisotopic (exact) mass is 434 g/mol. The van der Waals surface area contributed by atoms with Crippen LogP contribution in [0.15, 0.2) is 23.1 Å². The van der Waals surface area contributed by atoms with Crippen molar-refractivity contribution in [3.8, 4) is 11.5 Å². The van der Waals surface area contributed by atoms with E-state index in [9.17, 15) is 9.59 Å². The van der Waals surface area contributed by atoms with Crippen molar-refractivity contribution in [2.45, 2.75) is 38.6 Å². The van der Waals surface area contributed by atoms with Crippen molar-refractivity contribution in [2.75, 3.05) is 27.3 Å². The van der Waals surface area contributed by atoms with Crippen LogP contribution in [0.4, 0.5) is 0 Å². The first-order chi connectivity index (χ1) is 14.0. The van der Waals surface area contributed by atoms with Crippen molar-refractivity contribution < 1.29 is 19.1 Å². The normalized spacial score (nSPS) is 21.1. The fourth-order valence-corrected chi connectivity index (χ4v) is 4.96. The largest absolute Gasteiger partial charge is 0.493 e. The number of thiocarbonyl (C=S) groups is 1. The van der Waals surface area contributed by atoms with Gasteiger partial charge in [0.25, 0.3) is 5.91 Å². The Balaban J connectivity index is 1.74. The Labute approximate surface area is 181 Å². The van der Waals surface area contributed by atoms with Crippen LogP contribution in [0.2, 0.25) is 0 Å². The van der Waals surface area contributed by atoms with Crippen LogP contribution in [0.5, 0.6) is 11.5 Å². The lowest BCUT2D eigenvalue weighted by Crippen LogP contribution is -2.48. The van der Waals surface area contributed by atoms with Crippen molar-refractivity contribution in [3.05, 3.63) is 28.7 Å². The number of likely N-dealkylation sites (tertiary alicyclic amines) is 1. The average Bonchev–Trinajstić information content (AvgIpc) is 3.00. The first-order valence-corrected chi connectivity index (χ1v) is 11.0. The van der Waals surface area contributed by atoms with E-state index < -0.39 is 0 Å². The number of carbonyl (C=O) groups excluding carboxylic acids is 2. The quantitative estimate of drug-likeness (QED) is 0.503. The van der Waals surface area contributed by atoms with Crippen LogP contribution in [-0.4, -0.2) is 59.3 Å². The van der Waals surface area contributed by atoms with E-state index in [1.165, 1.54) is 16.7 Å². The highest BCUT2D eigenvalue weighted by Gasteiger charge is 2.35. The van der Waals surface area contributed by atoms with E-state index in [1.54, 1.807) is 32.4 Å². The van der Waals surface area contributed by atoms with Crippen LogP contribution in [0.3, 0.4) is 0 Å². The Morgan fingerprint density at radius 3 is 2.72 bits per heavy atom. The molecule has 2 amide bonds. The van der Waals surface area contributed by atoms with Gasteiger partial charge >= 0.3 is 0 Å². The lowest BCUT2D eigenvalue weighted by Gasteiger charge is -2.36. The van der Waals surface area contributed by atoms with Crippen molar-refractivity contribution in [3.63, 3.8) is 0 Å². The topological polar surface area (TPSA) is 59.1 Å². The Morgan fingerprint density at radius 2 is 2.03 bits per heavy atom. The SMILES string of the molecule is CC[C@H]1CCCCN1C(=O)CN1C(=O)/C(=C/c2ccc(OC)c(OC)c2)SC1=S. The molecule has 1 aromatic carbocycles. The predicted octanol–water partition coefficient (Wildman–Crippen LogP) is 3.70. The summed E-state index contributed by atoms with van der Waals surface area (Å²) in [5.41, 5.74) is 0.802. The molecule has 6 nitrogen and oxygen atoms in total. The maximum atomic E-state index is 12.9. The first kappa shape index (κ1) is 21.6. The van der Waals surface area contributed by atoms with Gasteiger partial charge in [0.1, 0.15) is 10.9 Å². The molecular formula is C21H26N2O4S2. The third-order valence-corrected chi connectivity index (χ3v) is 6.67. The molecule has 0 unspecified atom stereocenters. The molecule has 2 aliphatic heterocycles. The Bertz CT molecular complexity index is 840. The highest BCUT2D eigenvalue weighted by molar-refractivity contribution is 8.26. The van der Waals surface area contributed by atoms with Gasteiger partial charge in [-0.3, -0.25) is 14.5 Å². The lowest BCUT2D eigenvalue weighted by atomic mass is 10.00. The van der Waals surface area contributed by atoms with Crippen molar-refractivity contribution in [2.24, 2.45) is 0 Å². The van der Waals surface area contributed by atoms with Crippen LogP contribution in [0.25, 0.3) is 6.08 Å². The van der Waals surface area contributed by atoms with Gasteiger partial charge in [0.2, 0.25) is 5.91 Å². The maximum Gasteiger partial charge on any atom is 0.266 e. The minimum absolute atomic E-state index is 0.00441. The number of hydrogen-bond donors (Lipinski definition) is 0. The number of carbonyl (C=O) groups is 2. The molecule has 0 radical (unpaired) electrons. The lowest BCUT2D eigenvalue weighted by molar-refractivity contribution is -0.138. The molecule has 1 aromatic rings. The van der Waals surface area contributed by atoms with Crippen molar-refractivity contribution in [1.82, 2.24) is 9.80 Å². The fourth-order valence-electron chi connectivity index (χ4n) is 3.71. The van der Waals surface area contributed by atoms with Crippen molar-refractivity contribution in [1.29, 1.82) is 0 Å². The van der Waals surface area contributed by atoms with E-state index >= 15 is 0 Å². The summed E-state index contributed by atoms with van der Waals surface area (Å²) in [7, 11) is 3.14. The minimum atomic E-state index is -0.229. The van der Waals surface area contributed by atoms with E-state index in [2.05, 4.69) is 6.92 Å². The van der Waals surface area contributed by atoms with Gasteiger partial charge < -0.3 is 14.4 Å². The van der Waals surface area contributed by atoms with Gasteiger partial charge in [0.15, 0.2) is 11.5 Å². The molecule has 8 heteroatoms. The van der Waals surface area contributed by atoms with Gasteiger partial charge in [-0.2, -0.15) is 0 Å².